The number of nitrogens with zero attached hydrogens (tertiary/aromatic N) is 2. The summed E-state index contributed by atoms with van der Waals surface area (Å²) in [5, 5.41) is 28.3. The van der Waals surface area contributed by atoms with E-state index < -0.39 is 16.6 Å². The van der Waals surface area contributed by atoms with E-state index in [1.54, 1.807) is 13.0 Å². The summed E-state index contributed by atoms with van der Waals surface area (Å²) in [6.45, 7) is 1.67. The smallest absolute Gasteiger partial charge is 0.343 e. The molecule has 0 saturated carbocycles. The second-order valence-electron chi connectivity index (χ2n) is 3.06. The second-order valence-corrected chi connectivity index (χ2v) is 3.06. The SMILES string of the molecule is CCc1cc(C#N)cc([N+](=O)[O-])c1C(=O)O. The molecule has 0 bridgehead atoms. The van der Waals surface area contributed by atoms with Gasteiger partial charge in [-0.2, -0.15) is 5.26 Å². The predicted molar refractivity (Wildman–Crippen MR) is 54.1 cm³/mol. The van der Waals surface area contributed by atoms with Gasteiger partial charge in [-0.1, -0.05) is 6.92 Å². The highest BCUT2D eigenvalue weighted by molar-refractivity contribution is 5.94. The number of hydrogen-bond donors (Lipinski definition) is 1. The lowest BCUT2D eigenvalue weighted by molar-refractivity contribution is -0.385. The van der Waals surface area contributed by atoms with E-state index in [1.165, 1.54) is 6.07 Å². The molecule has 16 heavy (non-hydrogen) atoms. The van der Waals surface area contributed by atoms with Crippen LogP contribution >= 0.6 is 0 Å². The first-order chi connectivity index (χ1) is 7.51. The van der Waals surface area contributed by atoms with Crippen LogP contribution in [-0.4, -0.2) is 16.0 Å². The molecule has 0 amide bonds. The number of carbonyl (C=O) groups is 1. The van der Waals surface area contributed by atoms with E-state index >= 15 is 0 Å². The van der Waals surface area contributed by atoms with E-state index in [-0.39, 0.29) is 11.1 Å². The van der Waals surface area contributed by atoms with Crippen molar-refractivity contribution in [3.8, 4) is 6.07 Å². The Morgan fingerprint density at radius 1 is 1.62 bits per heavy atom. The highest BCUT2D eigenvalue weighted by atomic mass is 16.6. The fraction of sp³-hybridized carbons (Fsp3) is 0.200. The van der Waals surface area contributed by atoms with Crippen molar-refractivity contribution in [1.29, 1.82) is 5.26 Å². The van der Waals surface area contributed by atoms with Crippen molar-refractivity contribution < 1.29 is 14.8 Å². The standard InChI is InChI=1S/C10H8N2O4/c1-2-7-3-6(5-11)4-8(12(15)16)9(7)10(13)14/h3-4H,2H2,1H3,(H,13,14). The van der Waals surface area contributed by atoms with Crippen LogP contribution in [0.5, 0.6) is 0 Å². The summed E-state index contributed by atoms with van der Waals surface area (Å²) in [7, 11) is 0. The first-order valence-corrected chi connectivity index (χ1v) is 4.46. The Labute approximate surface area is 90.9 Å². The zero-order valence-electron chi connectivity index (χ0n) is 8.43. The average Bonchev–Trinajstić information content (AvgIpc) is 2.26. The molecule has 1 N–H and O–H groups in total. The van der Waals surface area contributed by atoms with Gasteiger partial charge in [-0.25, -0.2) is 4.79 Å². The van der Waals surface area contributed by atoms with Crippen LogP contribution < -0.4 is 0 Å². The van der Waals surface area contributed by atoms with Gasteiger partial charge in [0.25, 0.3) is 5.69 Å². The van der Waals surface area contributed by atoms with Crippen molar-refractivity contribution in [2.75, 3.05) is 0 Å². The van der Waals surface area contributed by atoms with Crippen LogP contribution in [0.2, 0.25) is 0 Å². The molecule has 6 heteroatoms. The highest BCUT2D eigenvalue weighted by Gasteiger charge is 2.24. The molecule has 1 rings (SSSR count). The van der Waals surface area contributed by atoms with Crippen LogP contribution in [0.1, 0.15) is 28.4 Å². The molecule has 1 aromatic rings. The topological polar surface area (TPSA) is 104 Å². The normalized spacial score (nSPS) is 9.50. The molecule has 0 aliphatic heterocycles. The third-order valence-electron chi connectivity index (χ3n) is 2.12. The van der Waals surface area contributed by atoms with E-state index in [9.17, 15) is 14.9 Å². The van der Waals surface area contributed by atoms with Crippen molar-refractivity contribution >= 4 is 11.7 Å². The molecule has 0 saturated heterocycles. The molecule has 0 spiro atoms. The maximum absolute atomic E-state index is 10.9. The number of rotatable bonds is 3. The average molecular weight is 220 g/mol. The van der Waals surface area contributed by atoms with Gasteiger partial charge in [0.1, 0.15) is 5.56 Å². The van der Waals surface area contributed by atoms with Gasteiger partial charge in [0.2, 0.25) is 0 Å². The number of aromatic carboxylic acids is 1. The summed E-state index contributed by atoms with van der Waals surface area (Å²) in [5.74, 6) is -1.35. The van der Waals surface area contributed by atoms with Crippen molar-refractivity contribution in [2.24, 2.45) is 0 Å². The van der Waals surface area contributed by atoms with Gasteiger partial charge in [-0.3, -0.25) is 10.1 Å². The van der Waals surface area contributed by atoms with Crippen molar-refractivity contribution in [3.63, 3.8) is 0 Å². The van der Waals surface area contributed by atoms with E-state index in [2.05, 4.69) is 0 Å². The van der Waals surface area contributed by atoms with Gasteiger partial charge in [0.15, 0.2) is 0 Å². The first kappa shape index (κ1) is 11.7. The summed E-state index contributed by atoms with van der Waals surface area (Å²) >= 11 is 0. The molecule has 0 aliphatic carbocycles. The van der Waals surface area contributed by atoms with Gasteiger partial charge in [0, 0.05) is 6.07 Å². The van der Waals surface area contributed by atoms with Crippen LogP contribution in [0.15, 0.2) is 12.1 Å². The van der Waals surface area contributed by atoms with Gasteiger partial charge in [-0.15, -0.1) is 0 Å². The fourth-order valence-electron chi connectivity index (χ4n) is 1.42. The Bertz CT molecular complexity index is 502. The summed E-state index contributed by atoms with van der Waals surface area (Å²) in [5.41, 5.74) is -0.498. The van der Waals surface area contributed by atoms with Crippen LogP contribution in [0.4, 0.5) is 5.69 Å². The second kappa shape index (κ2) is 4.40. The Morgan fingerprint density at radius 2 is 2.25 bits per heavy atom. The zero-order valence-corrected chi connectivity index (χ0v) is 8.43. The molecule has 0 aliphatic rings. The third kappa shape index (κ3) is 1.98. The monoisotopic (exact) mass is 220 g/mol. The molecular formula is C10H8N2O4. The van der Waals surface area contributed by atoms with Gasteiger partial charge < -0.3 is 5.11 Å². The lowest BCUT2D eigenvalue weighted by atomic mass is 10.00. The Balaban J connectivity index is 3.62. The molecule has 6 nitrogen and oxygen atoms in total. The minimum absolute atomic E-state index is 0.0913. The number of carboxylic acid groups (broad SMARTS) is 1. The number of benzene rings is 1. The molecule has 0 aromatic heterocycles. The lowest BCUT2D eigenvalue weighted by Gasteiger charge is -2.04. The number of nitriles is 1. The molecular weight excluding hydrogens is 212 g/mol. The number of aryl methyl sites for hydroxylation is 1. The molecule has 0 heterocycles. The maximum atomic E-state index is 10.9. The third-order valence-corrected chi connectivity index (χ3v) is 2.12. The fourth-order valence-corrected chi connectivity index (χ4v) is 1.42. The molecule has 0 fully saturated rings. The van der Waals surface area contributed by atoms with Crippen LogP contribution in [-0.2, 0) is 6.42 Å². The molecule has 0 radical (unpaired) electrons. The van der Waals surface area contributed by atoms with Gasteiger partial charge >= 0.3 is 5.97 Å². The number of nitro groups is 1. The van der Waals surface area contributed by atoms with Crippen LogP contribution in [0, 0.1) is 21.4 Å². The van der Waals surface area contributed by atoms with Crippen molar-refractivity contribution in [3.05, 3.63) is 38.9 Å². The van der Waals surface area contributed by atoms with Gasteiger partial charge in [0.05, 0.1) is 16.6 Å². The predicted octanol–water partition coefficient (Wildman–Crippen LogP) is 1.73. The van der Waals surface area contributed by atoms with Crippen LogP contribution in [0.25, 0.3) is 0 Å². The molecule has 0 atom stereocenters. The molecule has 1 aromatic carbocycles. The van der Waals surface area contributed by atoms with E-state index in [0.717, 1.165) is 6.07 Å². The Hall–Kier alpha value is -2.42. The Morgan fingerprint density at radius 3 is 2.62 bits per heavy atom. The van der Waals surface area contributed by atoms with E-state index in [4.69, 9.17) is 10.4 Å². The van der Waals surface area contributed by atoms with E-state index in [1.807, 2.05) is 0 Å². The number of carboxylic acids is 1. The summed E-state index contributed by atoms with van der Waals surface area (Å²) < 4.78 is 0. The van der Waals surface area contributed by atoms with Crippen molar-refractivity contribution in [1.82, 2.24) is 0 Å². The highest BCUT2D eigenvalue weighted by Crippen LogP contribution is 2.25. The molecule has 0 unspecified atom stereocenters. The number of nitro benzene ring substituents is 1. The largest absolute Gasteiger partial charge is 0.477 e. The van der Waals surface area contributed by atoms with E-state index in [0.29, 0.717) is 12.0 Å². The Kier molecular flexibility index (Phi) is 3.20. The minimum atomic E-state index is -1.35. The summed E-state index contributed by atoms with van der Waals surface area (Å²) in [4.78, 5) is 20.8. The summed E-state index contributed by atoms with van der Waals surface area (Å²) in [6, 6.07) is 4.10. The quantitative estimate of drug-likeness (QED) is 0.616. The van der Waals surface area contributed by atoms with Gasteiger partial charge in [-0.05, 0) is 18.1 Å². The van der Waals surface area contributed by atoms with Crippen molar-refractivity contribution in [2.45, 2.75) is 13.3 Å². The molecule has 82 valence electrons. The zero-order chi connectivity index (χ0) is 12.3. The first-order valence-electron chi connectivity index (χ1n) is 4.46. The minimum Gasteiger partial charge on any atom is -0.477 e. The van der Waals surface area contributed by atoms with Crippen LogP contribution in [0.3, 0.4) is 0 Å². The number of hydrogen-bond acceptors (Lipinski definition) is 4. The lowest BCUT2D eigenvalue weighted by Crippen LogP contribution is -2.07. The maximum Gasteiger partial charge on any atom is 0.343 e. The summed E-state index contributed by atoms with van der Waals surface area (Å²) in [6.07, 6.45) is 0.317.